The number of H-pyrrole nitrogens is 1. The molecular formula is C32H34N4O6. The summed E-state index contributed by atoms with van der Waals surface area (Å²) in [5, 5.41) is 15.3. The number of aromatic amines is 1. The summed E-state index contributed by atoms with van der Waals surface area (Å²) in [4.78, 5) is 68.9. The fourth-order valence-corrected chi connectivity index (χ4v) is 4.86. The summed E-state index contributed by atoms with van der Waals surface area (Å²) in [6, 6.07) is 20.8. The highest BCUT2D eigenvalue weighted by molar-refractivity contribution is 5.92. The topological polar surface area (TPSA) is 150 Å². The van der Waals surface area contributed by atoms with E-state index in [1.807, 2.05) is 19.1 Å². The Morgan fingerprint density at radius 2 is 1.38 bits per heavy atom. The zero-order chi connectivity index (χ0) is 30.2. The average Bonchev–Trinajstić information content (AvgIpc) is 2.99. The summed E-state index contributed by atoms with van der Waals surface area (Å²) in [5.74, 6) is -2.95. The Morgan fingerprint density at radius 3 is 1.98 bits per heavy atom. The van der Waals surface area contributed by atoms with Crippen molar-refractivity contribution in [1.29, 1.82) is 0 Å². The third-order valence-corrected chi connectivity index (χ3v) is 7.42. The van der Waals surface area contributed by atoms with E-state index < -0.39 is 47.2 Å². The molecule has 0 aliphatic heterocycles. The van der Waals surface area contributed by atoms with Gasteiger partial charge in [0.25, 0.3) is 5.56 Å². The van der Waals surface area contributed by atoms with Crippen molar-refractivity contribution in [3.05, 3.63) is 117 Å². The monoisotopic (exact) mass is 570 g/mol. The summed E-state index contributed by atoms with van der Waals surface area (Å²) >= 11 is 0. The smallest absolute Gasteiger partial charge is 0.329 e. The lowest BCUT2D eigenvalue weighted by atomic mass is 9.97. The molecule has 4 aromatic rings. The van der Waals surface area contributed by atoms with Gasteiger partial charge in [0.2, 0.25) is 11.8 Å². The van der Waals surface area contributed by atoms with Gasteiger partial charge in [-0.15, -0.1) is 0 Å². The minimum atomic E-state index is -1.30. The second-order valence-corrected chi connectivity index (χ2v) is 10.3. The van der Waals surface area contributed by atoms with Crippen molar-refractivity contribution < 1.29 is 19.5 Å². The quantitative estimate of drug-likeness (QED) is 0.206. The van der Waals surface area contributed by atoms with Gasteiger partial charge < -0.3 is 20.7 Å². The molecule has 4 unspecified atom stereocenters. The second kappa shape index (κ2) is 13.6. The van der Waals surface area contributed by atoms with E-state index in [-0.39, 0.29) is 24.1 Å². The highest BCUT2D eigenvalue weighted by Crippen LogP contribution is 2.16. The summed E-state index contributed by atoms with van der Waals surface area (Å²) in [6.45, 7) is 3.54. The standard InChI is InChI=1S/C32H34N4O6/c1-3-20(2)27(31(40)41)35-28(37)25(18-21-12-6-4-7-13-21)33-29(38)26(19-22-14-8-5-9-15-22)36-30(39)23-16-10-11-17-24(23)34-32(36)42/h4-17,20,25-27H,3,18-19H2,1-2H3,(H,33,38)(H,34,42)(H,35,37)(H,40,41). The summed E-state index contributed by atoms with van der Waals surface area (Å²) < 4.78 is 0.876. The van der Waals surface area contributed by atoms with Crippen molar-refractivity contribution in [2.75, 3.05) is 0 Å². The van der Waals surface area contributed by atoms with Crippen LogP contribution >= 0.6 is 0 Å². The van der Waals surface area contributed by atoms with E-state index in [4.69, 9.17) is 0 Å². The van der Waals surface area contributed by atoms with Crippen LogP contribution in [0.15, 0.2) is 94.5 Å². The lowest BCUT2D eigenvalue weighted by Crippen LogP contribution is -2.56. The Balaban J connectivity index is 1.74. The third-order valence-electron chi connectivity index (χ3n) is 7.42. The number of carboxylic acids is 1. The number of carbonyl (C=O) groups excluding carboxylic acids is 2. The molecule has 0 fully saturated rings. The second-order valence-electron chi connectivity index (χ2n) is 10.3. The molecule has 1 aromatic heterocycles. The van der Waals surface area contributed by atoms with E-state index in [9.17, 15) is 29.1 Å². The van der Waals surface area contributed by atoms with E-state index in [2.05, 4.69) is 15.6 Å². The first-order chi connectivity index (χ1) is 20.2. The van der Waals surface area contributed by atoms with Gasteiger partial charge in [0.05, 0.1) is 10.9 Å². The van der Waals surface area contributed by atoms with Crippen molar-refractivity contribution in [3.8, 4) is 0 Å². The van der Waals surface area contributed by atoms with Gasteiger partial charge >= 0.3 is 11.7 Å². The molecule has 1 heterocycles. The molecule has 0 aliphatic carbocycles. The van der Waals surface area contributed by atoms with Gasteiger partial charge in [-0.1, -0.05) is 93.1 Å². The van der Waals surface area contributed by atoms with Crippen molar-refractivity contribution in [2.24, 2.45) is 5.92 Å². The largest absolute Gasteiger partial charge is 0.480 e. The predicted octanol–water partition coefficient (Wildman–Crippen LogP) is 2.82. The van der Waals surface area contributed by atoms with Crippen LogP contribution in [0.1, 0.15) is 37.4 Å². The van der Waals surface area contributed by atoms with Gasteiger partial charge in [0.15, 0.2) is 0 Å². The van der Waals surface area contributed by atoms with Gasteiger partial charge in [-0.3, -0.25) is 14.4 Å². The number of hydrogen-bond acceptors (Lipinski definition) is 5. The lowest BCUT2D eigenvalue weighted by Gasteiger charge is -2.26. The van der Waals surface area contributed by atoms with E-state index in [0.29, 0.717) is 17.5 Å². The maximum absolute atomic E-state index is 14.0. The molecule has 0 saturated carbocycles. The molecule has 0 bridgehead atoms. The Labute approximate surface area is 242 Å². The SMILES string of the molecule is CCC(C)C(NC(=O)C(Cc1ccccc1)NC(=O)C(Cc1ccccc1)n1c(=O)[nH]c2ccccc2c1=O)C(=O)O. The molecule has 0 saturated heterocycles. The van der Waals surface area contributed by atoms with Crippen LogP contribution in [0, 0.1) is 5.92 Å². The fraction of sp³-hybridized carbons (Fsp3) is 0.281. The van der Waals surface area contributed by atoms with Gasteiger partial charge in [0, 0.05) is 12.8 Å². The molecule has 2 amide bonds. The maximum Gasteiger partial charge on any atom is 0.329 e. The molecule has 0 radical (unpaired) electrons. The van der Waals surface area contributed by atoms with Gasteiger partial charge in [-0.05, 0) is 29.2 Å². The Morgan fingerprint density at radius 1 is 0.810 bits per heavy atom. The number of amides is 2. The highest BCUT2D eigenvalue weighted by Gasteiger charge is 2.33. The lowest BCUT2D eigenvalue weighted by molar-refractivity contribution is -0.143. The van der Waals surface area contributed by atoms with Gasteiger partial charge in [0.1, 0.15) is 18.1 Å². The van der Waals surface area contributed by atoms with Gasteiger partial charge in [-0.25, -0.2) is 14.2 Å². The predicted molar refractivity (Wildman–Crippen MR) is 159 cm³/mol. The number of nitrogens with one attached hydrogen (secondary N) is 3. The van der Waals surface area contributed by atoms with Gasteiger partial charge in [-0.2, -0.15) is 0 Å². The number of carbonyl (C=O) groups is 3. The first-order valence-electron chi connectivity index (χ1n) is 13.8. The van der Waals surface area contributed by atoms with E-state index >= 15 is 0 Å². The molecule has 0 aliphatic rings. The van der Waals surface area contributed by atoms with Crippen molar-refractivity contribution in [3.63, 3.8) is 0 Å². The number of fused-ring (bicyclic) bond motifs is 1. The molecule has 4 atom stereocenters. The number of aliphatic carboxylic acids is 1. The van der Waals surface area contributed by atoms with E-state index in [1.54, 1.807) is 79.7 Å². The van der Waals surface area contributed by atoms with Crippen LogP contribution in [0.5, 0.6) is 0 Å². The number of aromatic nitrogens is 2. The molecule has 10 heteroatoms. The Kier molecular flexibility index (Phi) is 9.69. The number of benzene rings is 3. The molecule has 4 N–H and O–H groups in total. The maximum atomic E-state index is 14.0. The first-order valence-corrected chi connectivity index (χ1v) is 13.8. The first kappa shape index (κ1) is 30.0. The highest BCUT2D eigenvalue weighted by atomic mass is 16.4. The molecule has 4 rings (SSSR count). The van der Waals surface area contributed by atoms with E-state index in [1.165, 1.54) is 0 Å². The zero-order valence-corrected chi connectivity index (χ0v) is 23.4. The molecule has 218 valence electrons. The number of para-hydroxylation sites is 1. The molecule has 3 aromatic carbocycles. The van der Waals surface area contributed by atoms with Crippen LogP contribution in [0.25, 0.3) is 10.9 Å². The zero-order valence-electron chi connectivity index (χ0n) is 23.4. The Hall–Kier alpha value is -4.99. The van der Waals surface area contributed by atoms with Crippen LogP contribution in [0.2, 0.25) is 0 Å². The molecule has 10 nitrogen and oxygen atoms in total. The molecular weight excluding hydrogens is 536 g/mol. The summed E-state index contributed by atoms with van der Waals surface area (Å²) in [5.41, 5.74) is 0.366. The average molecular weight is 571 g/mol. The minimum absolute atomic E-state index is 0.00169. The number of hydrogen-bond donors (Lipinski definition) is 4. The molecule has 42 heavy (non-hydrogen) atoms. The molecule has 0 spiro atoms. The fourth-order valence-electron chi connectivity index (χ4n) is 4.86. The number of carboxylic acid groups (broad SMARTS) is 1. The van der Waals surface area contributed by atoms with Crippen molar-refractivity contribution >= 4 is 28.7 Å². The summed E-state index contributed by atoms with van der Waals surface area (Å²) in [7, 11) is 0. The van der Waals surface area contributed by atoms with Crippen LogP contribution in [-0.2, 0) is 27.2 Å². The van der Waals surface area contributed by atoms with Crippen LogP contribution in [-0.4, -0.2) is 44.5 Å². The normalized spacial score (nSPS) is 14.0. The minimum Gasteiger partial charge on any atom is -0.480 e. The van der Waals surface area contributed by atoms with Crippen LogP contribution < -0.4 is 21.9 Å². The number of nitrogens with zero attached hydrogens (tertiary/aromatic N) is 1. The van der Waals surface area contributed by atoms with Crippen molar-refractivity contribution in [1.82, 2.24) is 20.2 Å². The Bertz CT molecular complexity index is 1670. The number of rotatable bonds is 12. The van der Waals surface area contributed by atoms with E-state index in [0.717, 1.165) is 10.1 Å². The summed E-state index contributed by atoms with van der Waals surface area (Å²) in [6.07, 6.45) is 0.574. The van der Waals surface area contributed by atoms with Crippen molar-refractivity contribution in [2.45, 2.75) is 51.2 Å². The van der Waals surface area contributed by atoms with Crippen LogP contribution in [0.4, 0.5) is 0 Å². The van der Waals surface area contributed by atoms with Crippen LogP contribution in [0.3, 0.4) is 0 Å². The third kappa shape index (κ3) is 7.01.